The van der Waals surface area contributed by atoms with Crippen LogP contribution in [0.15, 0.2) is 41.3 Å². The molecule has 2 aromatic rings. The lowest BCUT2D eigenvalue weighted by molar-refractivity contribution is -0.387. The molecule has 0 aliphatic heterocycles. The Labute approximate surface area is 209 Å². The fourth-order valence-electron chi connectivity index (χ4n) is 3.46. The van der Waals surface area contributed by atoms with E-state index in [1.807, 2.05) is 0 Å². The van der Waals surface area contributed by atoms with E-state index < -0.39 is 60.9 Å². The number of hydrogen-bond acceptors (Lipinski definition) is 7. The zero-order valence-electron chi connectivity index (χ0n) is 20.9. The molecule has 1 amide bonds. The maximum absolute atomic E-state index is 14.7. The third kappa shape index (κ3) is 7.56. The van der Waals surface area contributed by atoms with Crippen LogP contribution in [0, 0.1) is 29.8 Å². The number of aryl methyl sites for hydroxylation is 2. The Balaban J connectivity index is 2.30. The van der Waals surface area contributed by atoms with E-state index in [4.69, 9.17) is 4.74 Å². The van der Waals surface area contributed by atoms with E-state index in [1.165, 1.54) is 25.1 Å². The van der Waals surface area contributed by atoms with Crippen molar-refractivity contribution in [3.8, 4) is 0 Å². The largest absolute Gasteiger partial charge is 0.458 e. The number of ether oxygens (including phenoxy) is 1. The molecule has 0 aromatic heterocycles. The van der Waals surface area contributed by atoms with Crippen LogP contribution >= 0.6 is 0 Å². The number of benzene rings is 2. The molecule has 0 heterocycles. The number of nitrogens with zero attached hydrogens (tertiary/aromatic N) is 1. The van der Waals surface area contributed by atoms with Crippen LogP contribution in [0.4, 0.5) is 10.1 Å². The average molecular weight is 524 g/mol. The monoisotopic (exact) mass is 523 g/mol. The van der Waals surface area contributed by atoms with Gasteiger partial charge in [-0.05, 0) is 70.4 Å². The second-order valence-electron chi connectivity index (χ2n) is 9.41. The molecule has 2 rings (SSSR count). The third-order valence-corrected chi connectivity index (χ3v) is 6.64. The summed E-state index contributed by atoms with van der Waals surface area (Å²) in [4.78, 5) is 35.5. The number of carbonyl (C=O) groups excluding carboxylic acids is 2. The number of carbonyl (C=O) groups is 2. The number of amides is 1. The van der Waals surface area contributed by atoms with Gasteiger partial charge in [-0.25, -0.2) is 17.6 Å². The molecule has 2 aromatic carbocycles. The number of sulfonamides is 1. The van der Waals surface area contributed by atoms with Crippen LogP contribution in [0.3, 0.4) is 0 Å². The fourth-order valence-corrected chi connectivity index (χ4v) is 4.83. The summed E-state index contributed by atoms with van der Waals surface area (Å²) in [6.07, 6.45) is -0.234. The van der Waals surface area contributed by atoms with Crippen LogP contribution < -0.4 is 10.0 Å². The number of hydrogen-bond donors (Lipinski definition) is 2. The summed E-state index contributed by atoms with van der Waals surface area (Å²) in [6, 6.07) is 4.96. The first-order valence-corrected chi connectivity index (χ1v) is 12.5. The predicted molar refractivity (Wildman–Crippen MR) is 130 cm³/mol. The Morgan fingerprint density at radius 3 is 2.33 bits per heavy atom. The minimum Gasteiger partial charge on any atom is -0.458 e. The Kier molecular flexibility index (Phi) is 8.92. The molecule has 2 N–H and O–H groups in total. The van der Waals surface area contributed by atoms with Gasteiger partial charge in [-0.3, -0.25) is 14.9 Å². The summed E-state index contributed by atoms with van der Waals surface area (Å²) < 4.78 is 47.6. The van der Waals surface area contributed by atoms with Crippen LogP contribution in [0.2, 0.25) is 0 Å². The van der Waals surface area contributed by atoms with Gasteiger partial charge in [-0.2, -0.15) is 4.72 Å². The van der Waals surface area contributed by atoms with Crippen molar-refractivity contribution < 1.29 is 32.1 Å². The summed E-state index contributed by atoms with van der Waals surface area (Å²) in [5.74, 6) is -2.29. The van der Waals surface area contributed by atoms with E-state index in [2.05, 4.69) is 10.0 Å². The molecule has 0 saturated carbocycles. The molecule has 2 atom stereocenters. The van der Waals surface area contributed by atoms with Crippen LogP contribution in [-0.2, 0) is 30.8 Å². The van der Waals surface area contributed by atoms with Gasteiger partial charge < -0.3 is 10.1 Å². The van der Waals surface area contributed by atoms with E-state index >= 15 is 0 Å². The summed E-state index contributed by atoms with van der Waals surface area (Å²) in [6.45, 7) is 9.49. The zero-order valence-corrected chi connectivity index (χ0v) is 21.7. The smallest absolute Gasteiger partial charge is 0.329 e. The molecule has 0 aliphatic rings. The molecule has 196 valence electrons. The highest BCUT2D eigenvalue weighted by atomic mass is 32.2. The first-order valence-electron chi connectivity index (χ1n) is 11.1. The van der Waals surface area contributed by atoms with Crippen LogP contribution in [-0.4, -0.2) is 42.9 Å². The number of nitro benzene ring substituents is 1. The van der Waals surface area contributed by atoms with Crippen molar-refractivity contribution in [2.45, 2.75) is 70.5 Å². The lowest BCUT2D eigenvalue weighted by atomic mass is 9.98. The topological polar surface area (TPSA) is 145 Å². The van der Waals surface area contributed by atoms with E-state index in [0.717, 1.165) is 12.1 Å². The number of nitro groups is 1. The lowest BCUT2D eigenvalue weighted by Crippen LogP contribution is -2.52. The molecule has 0 aliphatic carbocycles. The second-order valence-corrected chi connectivity index (χ2v) is 11.1. The van der Waals surface area contributed by atoms with Gasteiger partial charge in [-0.1, -0.05) is 18.2 Å². The summed E-state index contributed by atoms with van der Waals surface area (Å²) >= 11 is 0. The first-order chi connectivity index (χ1) is 16.5. The van der Waals surface area contributed by atoms with Crippen LogP contribution in [0.1, 0.15) is 44.4 Å². The highest BCUT2D eigenvalue weighted by Crippen LogP contribution is 2.23. The van der Waals surface area contributed by atoms with Gasteiger partial charge in [0.05, 0.1) is 11.0 Å². The van der Waals surface area contributed by atoms with Gasteiger partial charge in [0.2, 0.25) is 15.9 Å². The number of rotatable bonds is 9. The quantitative estimate of drug-likeness (QED) is 0.292. The maximum atomic E-state index is 14.7. The maximum Gasteiger partial charge on any atom is 0.329 e. The van der Waals surface area contributed by atoms with E-state index in [9.17, 15) is 32.5 Å². The summed E-state index contributed by atoms with van der Waals surface area (Å²) in [5.41, 5.74) is -0.107. The van der Waals surface area contributed by atoms with Crippen LogP contribution in [0.25, 0.3) is 0 Å². The minimum atomic E-state index is -4.47. The first kappa shape index (κ1) is 28.9. The SMILES string of the molecule is Cc1cc(C)c(C[C@H](NC(=O)[C@H](C)NS(=O)(=O)c2ccccc2[N+](=O)[O-])C(=O)OC(C)(C)C)c(F)c1. The molecule has 10 nitrogen and oxygen atoms in total. The highest BCUT2D eigenvalue weighted by Gasteiger charge is 2.32. The molecular weight excluding hydrogens is 493 g/mol. The van der Waals surface area contributed by atoms with E-state index in [-0.39, 0.29) is 12.0 Å². The molecule has 36 heavy (non-hydrogen) atoms. The third-order valence-electron chi connectivity index (χ3n) is 5.06. The highest BCUT2D eigenvalue weighted by molar-refractivity contribution is 7.89. The van der Waals surface area contributed by atoms with Gasteiger partial charge in [0.15, 0.2) is 4.90 Å². The van der Waals surface area contributed by atoms with Gasteiger partial charge in [0.1, 0.15) is 17.5 Å². The molecule has 0 spiro atoms. The average Bonchev–Trinajstić information content (AvgIpc) is 2.73. The summed E-state index contributed by atoms with van der Waals surface area (Å²) in [7, 11) is -4.47. The molecule has 0 bridgehead atoms. The fraction of sp³-hybridized carbons (Fsp3) is 0.417. The molecule has 0 unspecified atom stereocenters. The minimum absolute atomic E-state index is 0.199. The predicted octanol–water partition coefficient (Wildman–Crippen LogP) is 3.09. The van der Waals surface area contributed by atoms with Crippen molar-refractivity contribution in [3.05, 3.63) is 69.0 Å². The lowest BCUT2D eigenvalue weighted by Gasteiger charge is -2.26. The number of nitrogens with one attached hydrogen (secondary N) is 2. The van der Waals surface area contributed by atoms with Crippen molar-refractivity contribution >= 4 is 27.6 Å². The van der Waals surface area contributed by atoms with Crippen LogP contribution in [0.5, 0.6) is 0 Å². The van der Waals surface area contributed by atoms with Crippen molar-refractivity contribution in [3.63, 3.8) is 0 Å². The van der Waals surface area contributed by atoms with Crippen molar-refractivity contribution in [2.24, 2.45) is 0 Å². The Morgan fingerprint density at radius 1 is 1.17 bits per heavy atom. The second kappa shape index (κ2) is 11.1. The van der Waals surface area contributed by atoms with Crippen molar-refractivity contribution in [1.82, 2.24) is 10.0 Å². The number of para-hydroxylation sites is 1. The molecule has 0 fully saturated rings. The van der Waals surface area contributed by atoms with Gasteiger partial charge in [-0.15, -0.1) is 0 Å². The van der Waals surface area contributed by atoms with Gasteiger partial charge >= 0.3 is 5.97 Å². The Hall–Kier alpha value is -3.38. The Morgan fingerprint density at radius 2 is 1.78 bits per heavy atom. The number of halogens is 1. The number of esters is 1. The van der Waals surface area contributed by atoms with E-state index in [1.54, 1.807) is 40.7 Å². The standard InChI is InChI=1S/C24H30FN3O7S/c1-14-11-15(2)17(18(25)12-14)13-19(23(30)35-24(4,5)6)26-22(29)16(3)27-36(33,34)21-10-8-7-9-20(21)28(31)32/h7-12,16,19,27H,13H2,1-6H3,(H,26,29)/t16-,19-/m0/s1. The Bertz CT molecular complexity index is 1250. The summed E-state index contributed by atoms with van der Waals surface area (Å²) in [5, 5.41) is 13.7. The molecular formula is C24H30FN3O7S. The van der Waals surface area contributed by atoms with E-state index in [0.29, 0.717) is 11.1 Å². The molecule has 12 heteroatoms. The normalized spacial score (nSPS) is 13.5. The van der Waals surface area contributed by atoms with Gasteiger partial charge in [0, 0.05) is 12.5 Å². The van der Waals surface area contributed by atoms with Crippen molar-refractivity contribution in [1.29, 1.82) is 0 Å². The zero-order chi connectivity index (χ0) is 27.4. The van der Waals surface area contributed by atoms with Gasteiger partial charge in [0.25, 0.3) is 5.69 Å². The molecule has 0 saturated heterocycles. The molecule has 0 radical (unpaired) electrons. The van der Waals surface area contributed by atoms with Crippen molar-refractivity contribution in [2.75, 3.05) is 0 Å².